The molecule has 2 rings (SSSR count). The minimum absolute atomic E-state index is 0.0963. The van der Waals surface area contributed by atoms with E-state index in [1.807, 2.05) is 18.3 Å². The number of nitrogens with zero attached hydrogens (tertiary/aromatic N) is 1. The Morgan fingerprint density at radius 2 is 1.81 bits per heavy atom. The quantitative estimate of drug-likeness (QED) is 0.576. The van der Waals surface area contributed by atoms with Crippen molar-refractivity contribution in [2.45, 2.75) is 64.5 Å². The van der Waals surface area contributed by atoms with Crippen molar-refractivity contribution in [3.8, 4) is 0 Å². The zero-order chi connectivity index (χ0) is 24.5. The molecule has 3 N–H and O–H groups in total. The molecule has 176 valence electrons. The number of carbonyl (C=O) groups excluding carboxylic acids is 1. The Hall–Kier alpha value is -2.61. The van der Waals surface area contributed by atoms with E-state index in [1.165, 1.54) is 19.9 Å². The first-order chi connectivity index (χ1) is 14.4. The Balaban J connectivity index is 2.58. The predicted molar refractivity (Wildman–Crippen MR) is 113 cm³/mol. The van der Waals surface area contributed by atoms with Crippen molar-refractivity contribution in [1.29, 1.82) is 0 Å². The van der Waals surface area contributed by atoms with E-state index in [0.29, 0.717) is 5.57 Å². The molecule has 1 aromatic heterocycles. The fraction of sp³-hybridized carbons (Fsp3) is 0.522. The van der Waals surface area contributed by atoms with Crippen LogP contribution in [0.3, 0.4) is 0 Å². The summed E-state index contributed by atoms with van der Waals surface area (Å²) >= 11 is 0. The van der Waals surface area contributed by atoms with E-state index in [2.05, 4.69) is 10.7 Å². The minimum Gasteiger partial charge on any atom is -0.444 e. The van der Waals surface area contributed by atoms with Gasteiger partial charge in [-0.15, -0.1) is 5.73 Å². The Morgan fingerprint density at radius 3 is 2.28 bits per heavy atom. The Labute approximate surface area is 185 Å². The summed E-state index contributed by atoms with van der Waals surface area (Å²) < 4.78 is 47.1. The molecule has 0 saturated heterocycles. The molecule has 0 fully saturated rings. The summed E-state index contributed by atoms with van der Waals surface area (Å²) in [6.07, 6.45) is -1.09. The van der Waals surface area contributed by atoms with Gasteiger partial charge in [0.2, 0.25) is 5.60 Å². The number of hydrogen-bond acceptors (Lipinski definition) is 5. The van der Waals surface area contributed by atoms with Crippen LogP contribution in [-0.4, -0.2) is 39.6 Å². The van der Waals surface area contributed by atoms with Gasteiger partial charge in [0.1, 0.15) is 5.60 Å². The second-order valence-corrected chi connectivity index (χ2v) is 9.34. The van der Waals surface area contributed by atoms with Gasteiger partial charge in [-0.05, 0) is 70.4 Å². The van der Waals surface area contributed by atoms with Crippen molar-refractivity contribution in [2.24, 2.45) is 5.92 Å². The molecule has 1 aliphatic rings. The molecule has 1 heterocycles. The fourth-order valence-corrected chi connectivity index (χ4v) is 2.82. The number of aromatic nitrogens is 1. The number of carbonyl (C=O) groups is 1. The lowest BCUT2D eigenvalue weighted by Gasteiger charge is -2.32. The topological polar surface area (TPSA) is 91.7 Å². The van der Waals surface area contributed by atoms with Gasteiger partial charge in [-0.3, -0.25) is 0 Å². The number of amides is 1. The summed E-state index contributed by atoms with van der Waals surface area (Å²) in [5, 5.41) is 23.2. The lowest BCUT2D eigenvalue weighted by Crippen LogP contribution is -2.52. The monoisotopic (exact) mass is 454 g/mol. The first kappa shape index (κ1) is 25.6. The number of ether oxygens (including phenoxy) is 1. The normalized spacial score (nSPS) is 18.7. The maximum absolute atomic E-state index is 14.0. The van der Waals surface area contributed by atoms with Crippen LogP contribution >= 0.6 is 0 Å². The number of halogens is 3. The van der Waals surface area contributed by atoms with Crippen molar-refractivity contribution in [1.82, 2.24) is 10.3 Å². The van der Waals surface area contributed by atoms with Crippen LogP contribution < -0.4 is 5.32 Å². The van der Waals surface area contributed by atoms with Gasteiger partial charge in [0.25, 0.3) is 0 Å². The van der Waals surface area contributed by atoms with Crippen LogP contribution in [0.4, 0.5) is 18.0 Å². The number of alkyl halides is 3. The van der Waals surface area contributed by atoms with Gasteiger partial charge in [-0.25, -0.2) is 9.78 Å². The van der Waals surface area contributed by atoms with Crippen LogP contribution in [0.25, 0.3) is 5.57 Å². The van der Waals surface area contributed by atoms with Crippen molar-refractivity contribution < 1.29 is 32.9 Å². The van der Waals surface area contributed by atoms with Gasteiger partial charge in [0, 0.05) is 5.57 Å². The molecule has 1 aromatic rings. The molecular weight excluding hydrogens is 425 g/mol. The summed E-state index contributed by atoms with van der Waals surface area (Å²) in [6, 6.07) is 2.42. The van der Waals surface area contributed by atoms with Crippen LogP contribution in [0, 0.1) is 5.92 Å². The van der Waals surface area contributed by atoms with Gasteiger partial charge in [0.05, 0.1) is 23.5 Å². The summed E-state index contributed by atoms with van der Waals surface area (Å²) in [6.45, 7) is 8.18. The number of pyridine rings is 1. The molecule has 0 radical (unpaired) electrons. The van der Waals surface area contributed by atoms with Gasteiger partial charge < -0.3 is 20.3 Å². The van der Waals surface area contributed by atoms with Crippen molar-refractivity contribution in [2.75, 3.05) is 6.54 Å². The van der Waals surface area contributed by atoms with Crippen molar-refractivity contribution in [3.63, 3.8) is 0 Å². The second-order valence-electron chi connectivity index (χ2n) is 9.34. The number of aliphatic hydroxyl groups is 2. The molecule has 0 saturated carbocycles. The van der Waals surface area contributed by atoms with Crippen molar-refractivity contribution >= 4 is 11.7 Å². The molecular formula is C23H29F3N2O4. The summed E-state index contributed by atoms with van der Waals surface area (Å²) in [5.41, 5.74) is -3.18. The highest BCUT2D eigenvalue weighted by Crippen LogP contribution is 2.39. The van der Waals surface area contributed by atoms with Crippen LogP contribution in [0.2, 0.25) is 0 Å². The predicted octanol–water partition coefficient (Wildman–Crippen LogP) is 4.33. The zero-order valence-corrected chi connectivity index (χ0v) is 19.0. The molecule has 9 heteroatoms. The fourth-order valence-electron chi connectivity index (χ4n) is 2.82. The molecule has 0 bridgehead atoms. The average Bonchev–Trinajstić information content (AvgIpc) is 2.63. The standard InChI is InChI=1S/C23H29F3N2O4/c1-14-7-9-15(10-8-14)17-11-16(21(5,6)30)12-18(28-17)22(31,23(24,25)26)13-27-19(29)32-20(2,3)4/h7-9,11-12,14,30-31H,13H2,1-6H3,(H,27,29). The Morgan fingerprint density at radius 1 is 1.19 bits per heavy atom. The molecule has 6 nitrogen and oxygen atoms in total. The number of hydrogen-bond donors (Lipinski definition) is 3. The van der Waals surface area contributed by atoms with E-state index in [1.54, 1.807) is 32.9 Å². The van der Waals surface area contributed by atoms with Gasteiger partial charge >= 0.3 is 12.3 Å². The summed E-state index contributed by atoms with van der Waals surface area (Å²) in [4.78, 5) is 16.0. The average molecular weight is 454 g/mol. The maximum Gasteiger partial charge on any atom is 0.424 e. The number of allylic oxidation sites excluding steroid dienone is 3. The van der Waals surface area contributed by atoms with E-state index < -0.39 is 41.3 Å². The first-order valence-corrected chi connectivity index (χ1v) is 10.1. The highest BCUT2D eigenvalue weighted by atomic mass is 19.4. The van der Waals surface area contributed by atoms with Crippen molar-refractivity contribution in [3.05, 3.63) is 53.0 Å². The molecule has 0 aromatic carbocycles. The molecule has 32 heavy (non-hydrogen) atoms. The second kappa shape index (κ2) is 8.73. The van der Waals surface area contributed by atoms with E-state index in [9.17, 15) is 28.2 Å². The molecule has 0 spiro atoms. The van der Waals surface area contributed by atoms with E-state index in [4.69, 9.17) is 4.74 Å². The minimum atomic E-state index is -5.19. The van der Waals surface area contributed by atoms with E-state index >= 15 is 0 Å². The molecule has 0 aliphatic heterocycles. The smallest absolute Gasteiger partial charge is 0.424 e. The third-order valence-corrected chi connectivity index (χ3v) is 4.66. The molecule has 2 unspecified atom stereocenters. The van der Waals surface area contributed by atoms with Crippen LogP contribution in [0.1, 0.15) is 58.5 Å². The number of alkyl carbamates (subject to hydrolysis) is 1. The van der Waals surface area contributed by atoms with Gasteiger partial charge in [-0.1, -0.05) is 13.0 Å². The van der Waals surface area contributed by atoms with E-state index in [-0.39, 0.29) is 17.2 Å². The van der Waals surface area contributed by atoms with Crippen LogP contribution in [-0.2, 0) is 15.9 Å². The molecule has 1 aliphatic carbocycles. The number of rotatable bonds is 5. The van der Waals surface area contributed by atoms with Crippen LogP contribution in [0.5, 0.6) is 0 Å². The van der Waals surface area contributed by atoms with Gasteiger partial charge in [-0.2, -0.15) is 13.2 Å². The Kier molecular flexibility index (Phi) is 7.00. The third kappa shape index (κ3) is 6.22. The maximum atomic E-state index is 14.0. The SMILES string of the molecule is CC1C=C=C(c2cc(C(C)(C)O)cc(C(O)(CNC(=O)OC(C)(C)C)C(F)(F)F)n2)C=C1. The summed E-state index contributed by atoms with van der Waals surface area (Å²) in [5.74, 6) is 0.0980. The molecule has 1 amide bonds. The Bertz CT molecular complexity index is 965. The largest absolute Gasteiger partial charge is 0.444 e. The third-order valence-electron chi connectivity index (χ3n) is 4.66. The molecule has 2 atom stereocenters. The van der Waals surface area contributed by atoms with Crippen LogP contribution in [0.15, 0.2) is 36.1 Å². The number of nitrogens with one attached hydrogen (secondary N) is 1. The first-order valence-electron chi connectivity index (χ1n) is 10.1. The lowest BCUT2D eigenvalue weighted by atomic mass is 9.90. The van der Waals surface area contributed by atoms with Gasteiger partial charge in [0.15, 0.2) is 0 Å². The zero-order valence-electron chi connectivity index (χ0n) is 19.0. The summed E-state index contributed by atoms with van der Waals surface area (Å²) in [7, 11) is 0. The highest BCUT2D eigenvalue weighted by molar-refractivity contribution is 5.73. The highest BCUT2D eigenvalue weighted by Gasteiger charge is 2.57. The lowest BCUT2D eigenvalue weighted by molar-refractivity contribution is -0.265. The van der Waals surface area contributed by atoms with E-state index in [0.717, 1.165) is 6.07 Å².